The van der Waals surface area contributed by atoms with E-state index in [4.69, 9.17) is 4.74 Å². The van der Waals surface area contributed by atoms with Crippen LogP contribution in [0.5, 0.6) is 5.88 Å². The van der Waals surface area contributed by atoms with Crippen molar-refractivity contribution in [2.75, 3.05) is 0 Å². The Morgan fingerprint density at radius 2 is 2.00 bits per heavy atom. The van der Waals surface area contributed by atoms with Gasteiger partial charge in [0.25, 0.3) is 0 Å². The fraction of sp³-hybridized carbons (Fsp3) is 0.615. The summed E-state index contributed by atoms with van der Waals surface area (Å²) in [7, 11) is 0. The van der Waals surface area contributed by atoms with Gasteiger partial charge in [-0.05, 0) is 25.8 Å². The van der Waals surface area contributed by atoms with Gasteiger partial charge >= 0.3 is 6.09 Å². The van der Waals surface area contributed by atoms with Crippen LogP contribution in [0.2, 0.25) is 0 Å². The average molecular weight is 263 g/mol. The summed E-state index contributed by atoms with van der Waals surface area (Å²) in [6.07, 6.45) is 2.62. The van der Waals surface area contributed by atoms with Gasteiger partial charge in [0.15, 0.2) is 0 Å². The number of carbonyl (C=O) groups is 1. The van der Waals surface area contributed by atoms with Gasteiger partial charge in [0.05, 0.1) is 5.69 Å². The number of piperidine rings is 1. The van der Waals surface area contributed by atoms with Crippen LogP contribution < -0.4 is 4.74 Å². The van der Waals surface area contributed by atoms with Crippen molar-refractivity contribution in [1.29, 1.82) is 0 Å². The molecule has 6 heteroatoms. The molecule has 1 N–H and O–H groups in total. The second kappa shape index (κ2) is 4.68. The highest BCUT2D eigenvalue weighted by atomic mass is 16.5. The van der Waals surface area contributed by atoms with Crippen molar-refractivity contribution in [3.8, 4) is 5.88 Å². The van der Waals surface area contributed by atoms with Crippen LogP contribution in [0, 0.1) is 6.92 Å². The van der Waals surface area contributed by atoms with Gasteiger partial charge in [0.2, 0.25) is 5.88 Å². The molecule has 3 atom stereocenters. The van der Waals surface area contributed by atoms with E-state index in [1.165, 1.54) is 0 Å². The summed E-state index contributed by atoms with van der Waals surface area (Å²) in [5, 5.41) is 17.1. The first-order valence-corrected chi connectivity index (χ1v) is 6.61. The van der Waals surface area contributed by atoms with Crippen LogP contribution in [0.15, 0.2) is 12.1 Å². The SMILES string of the molecule is Cc1ccc(O[C@@H]2C[C@H]3CC[C@@H](C2)N3C(=O)O)nn1. The van der Waals surface area contributed by atoms with Gasteiger partial charge < -0.3 is 14.7 Å². The Kier molecular flexibility index (Phi) is 3.00. The van der Waals surface area contributed by atoms with Crippen LogP contribution in [-0.2, 0) is 0 Å². The van der Waals surface area contributed by atoms with Gasteiger partial charge in [-0.2, -0.15) is 5.10 Å². The predicted octanol–water partition coefficient (Wildman–Crippen LogP) is 1.84. The molecule has 0 aliphatic carbocycles. The lowest BCUT2D eigenvalue weighted by molar-refractivity contribution is 0.0472. The zero-order valence-electron chi connectivity index (χ0n) is 10.8. The highest BCUT2D eigenvalue weighted by molar-refractivity contribution is 5.66. The first kappa shape index (κ1) is 12.2. The normalized spacial score (nSPS) is 29.3. The summed E-state index contributed by atoms with van der Waals surface area (Å²) < 4.78 is 5.83. The Balaban J connectivity index is 1.66. The number of aromatic nitrogens is 2. The Labute approximate surface area is 111 Å². The molecule has 0 radical (unpaired) electrons. The number of nitrogens with zero attached hydrogens (tertiary/aromatic N) is 3. The standard InChI is InChI=1S/C13H17N3O3/c1-8-2-5-12(15-14-8)19-11-6-9-3-4-10(7-11)16(9)13(17)18/h2,5,9-11H,3-4,6-7H2,1H3,(H,17,18)/t9-,10+,11-. The van der Waals surface area contributed by atoms with E-state index in [9.17, 15) is 9.90 Å². The molecule has 3 heterocycles. The number of amides is 1. The van der Waals surface area contributed by atoms with E-state index in [2.05, 4.69) is 10.2 Å². The third-order valence-corrected chi connectivity index (χ3v) is 3.97. The maximum atomic E-state index is 11.2. The molecule has 2 fully saturated rings. The summed E-state index contributed by atoms with van der Waals surface area (Å²) in [6, 6.07) is 3.87. The number of rotatable bonds is 2. The molecule has 1 aromatic heterocycles. The molecule has 2 bridgehead atoms. The van der Waals surface area contributed by atoms with Gasteiger partial charge in [-0.25, -0.2) is 4.79 Å². The van der Waals surface area contributed by atoms with Crippen molar-refractivity contribution in [2.24, 2.45) is 0 Å². The number of ether oxygens (including phenoxy) is 1. The van der Waals surface area contributed by atoms with Crippen LogP contribution in [0.25, 0.3) is 0 Å². The van der Waals surface area contributed by atoms with Crippen molar-refractivity contribution in [1.82, 2.24) is 15.1 Å². The minimum atomic E-state index is -0.805. The molecular formula is C13H17N3O3. The van der Waals surface area contributed by atoms with E-state index >= 15 is 0 Å². The highest BCUT2D eigenvalue weighted by Gasteiger charge is 2.44. The Bertz CT molecular complexity index is 463. The summed E-state index contributed by atoms with van der Waals surface area (Å²) >= 11 is 0. The molecule has 102 valence electrons. The van der Waals surface area contributed by atoms with Crippen molar-refractivity contribution < 1.29 is 14.6 Å². The van der Waals surface area contributed by atoms with Crippen molar-refractivity contribution >= 4 is 6.09 Å². The maximum Gasteiger partial charge on any atom is 0.407 e. The van der Waals surface area contributed by atoms with Gasteiger partial charge in [0.1, 0.15) is 6.10 Å². The van der Waals surface area contributed by atoms with Crippen LogP contribution in [0.4, 0.5) is 4.79 Å². The monoisotopic (exact) mass is 263 g/mol. The van der Waals surface area contributed by atoms with Gasteiger partial charge in [-0.3, -0.25) is 0 Å². The lowest BCUT2D eigenvalue weighted by Gasteiger charge is -2.36. The van der Waals surface area contributed by atoms with Gasteiger partial charge in [-0.1, -0.05) is 0 Å². The highest BCUT2D eigenvalue weighted by Crippen LogP contribution is 2.36. The largest absolute Gasteiger partial charge is 0.473 e. The smallest absolute Gasteiger partial charge is 0.407 e. The predicted molar refractivity (Wildman–Crippen MR) is 67.1 cm³/mol. The van der Waals surface area contributed by atoms with Crippen LogP contribution in [0.1, 0.15) is 31.4 Å². The molecular weight excluding hydrogens is 246 g/mol. The molecule has 0 saturated carbocycles. The number of carboxylic acid groups (broad SMARTS) is 1. The minimum Gasteiger partial charge on any atom is -0.473 e. The third kappa shape index (κ3) is 2.34. The fourth-order valence-electron chi connectivity index (χ4n) is 3.16. The molecule has 0 aromatic carbocycles. The van der Waals surface area contributed by atoms with E-state index in [0.717, 1.165) is 31.4 Å². The maximum absolute atomic E-state index is 11.2. The fourth-order valence-corrected chi connectivity index (χ4v) is 3.16. The molecule has 3 rings (SSSR count). The zero-order valence-corrected chi connectivity index (χ0v) is 10.8. The average Bonchev–Trinajstić information content (AvgIpc) is 2.65. The zero-order chi connectivity index (χ0) is 13.4. The third-order valence-electron chi connectivity index (χ3n) is 3.97. The Morgan fingerprint density at radius 1 is 1.32 bits per heavy atom. The van der Waals surface area contributed by atoms with E-state index in [1.807, 2.05) is 19.1 Å². The van der Waals surface area contributed by atoms with Gasteiger partial charge in [-0.15, -0.1) is 5.10 Å². The van der Waals surface area contributed by atoms with Crippen molar-refractivity contribution in [3.05, 3.63) is 17.8 Å². The molecule has 2 aliphatic heterocycles. The second-order valence-electron chi connectivity index (χ2n) is 5.30. The molecule has 2 aliphatic rings. The first-order valence-electron chi connectivity index (χ1n) is 6.61. The molecule has 1 amide bonds. The van der Waals surface area contributed by atoms with Crippen LogP contribution in [0.3, 0.4) is 0 Å². The molecule has 0 spiro atoms. The molecule has 0 unspecified atom stereocenters. The van der Waals surface area contributed by atoms with Gasteiger partial charge in [0, 0.05) is 31.0 Å². The van der Waals surface area contributed by atoms with Crippen molar-refractivity contribution in [2.45, 2.75) is 50.8 Å². The van der Waals surface area contributed by atoms with E-state index < -0.39 is 6.09 Å². The Hall–Kier alpha value is -1.85. The molecule has 2 saturated heterocycles. The molecule has 6 nitrogen and oxygen atoms in total. The summed E-state index contributed by atoms with van der Waals surface area (Å²) in [4.78, 5) is 12.8. The lowest BCUT2D eigenvalue weighted by atomic mass is 10.0. The van der Waals surface area contributed by atoms with E-state index in [0.29, 0.717) is 5.88 Å². The van der Waals surface area contributed by atoms with Crippen LogP contribution >= 0.6 is 0 Å². The number of hydrogen-bond acceptors (Lipinski definition) is 4. The van der Waals surface area contributed by atoms with Crippen LogP contribution in [-0.4, -0.2) is 44.5 Å². The summed E-state index contributed by atoms with van der Waals surface area (Å²) in [5.41, 5.74) is 0.855. The second-order valence-corrected chi connectivity index (χ2v) is 5.30. The lowest BCUT2D eigenvalue weighted by Crippen LogP contribution is -2.48. The van der Waals surface area contributed by atoms with E-state index in [1.54, 1.807) is 4.90 Å². The number of aryl methyl sites for hydroxylation is 1. The topological polar surface area (TPSA) is 75.5 Å². The quantitative estimate of drug-likeness (QED) is 0.881. The number of fused-ring (bicyclic) bond motifs is 2. The number of hydrogen-bond donors (Lipinski definition) is 1. The summed E-state index contributed by atoms with van der Waals surface area (Å²) in [6.45, 7) is 1.88. The minimum absolute atomic E-state index is 0.0464. The Morgan fingerprint density at radius 3 is 2.53 bits per heavy atom. The molecule has 19 heavy (non-hydrogen) atoms. The van der Waals surface area contributed by atoms with Crippen molar-refractivity contribution in [3.63, 3.8) is 0 Å². The first-order chi connectivity index (χ1) is 9.13. The molecule has 1 aromatic rings. The van der Waals surface area contributed by atoms with E-state index in [-0.39, 0.29) is 18.2 Å². The summed E-state index contributed by atoms with van der Waals surface area (Å²) in [5.74, 6) is 0.527.